The number of benzene rings is 2. The molecular weight excluding hydrogens is 376 g/mol. The summed E-state index contributed by atoms with van der Waals surface area (Å²) in [6.07, 6.45) is 1.54. The first-order valence-electron chi connectivity index (χ1n) is 8.69. The number of hydrazine groups is 1. The lowest BCUT2D eigenvalue weighted by Gasteiger charge is -2.18. The molecule has 1 aliphatic heterocycles. The summed E-state index contributed by atoms with van der Waals surface area (Å²) in [6, 6.07) is 17.1. The van der Waals surface area contributed by atoms with Crippen LogP contribution in [0.4, 0.5) is 0 Å². The summed E-state index contributed by atoms with van der Waals surface area (Å²) >= 11 is 0. The summed E-state index contributed by atoms with van der Waals surface area (Å²) in [4.78, 5) is 17.3. The van der Waals surface area contributed by atoms with Crippen LogP contribution in [0.15, 0.2) is 71.8 Å². The second kappa shape index (κ2) is 6.72. The van der Waals surface area contributed by atoms with Crippen LogP contribution < -0.4 is 4.72 Å². The molecule has 2 aromatic carbocycles. The van der Waals surface area contributed by atoms with Crippen LogP contribution in [0.1, 0.15) is 11.6 Å². The lowest BCUT2D eigenvalue weighted by Crippen LogP contribution is -2.39. The van der Waals surface area contributed by atoms with E-state index in [1.54, 1.807) is 49.6 Å². The molecule has 0 unspecified atom stereocenters. The quantitative estimate of drug-likeness (QED) is 0.683. The lowest BCUT2D eigenvalue weighted by atomic mass is 10.0. The van der Waals surface area contributed by atoms with Crippen molar-refractivity contribution >= 4 is 32.5 Å². The van der Waals surface area contributed by atoms with E-state index in [-0.39, 0.29) is 16.5 Å². The topological polar surface area (TPSA) is 82.4 Å². The number of ketones is 1. The number of para-hydroxylation sites is 1. The van der Waals surface area contributed by atoms with Gasteiger partial charge in [0.25, 0.3) is 5.78 Å². The van der Waals surface area contributed by atoms with Crippen LogP contribution in [0.25, 0.3) is 10.9 Å². The summed E-state index contributed by atoms with van der Waals surface area (Å²) in [5.74, 6) is -0.308. The molecule has 0 fully saturated rings. The third-order valence-electron chi connectivity index (χ3n) is 4.88. The SMILES string of the molecule is CN1[C@H](c2ccccc2)C(=O)C(NS(=O)(=O)c2cccc3cccnc23)=[N+]1C. The number of amidine groups is 1. The highest BCUT2D eigenvalue weighted by Gasteiger charge is 2.45. The summed E-state index contributed by atoms with van der Waals surface area (Å²) in [5.41, 5.74) is 1.15. The van der Waals surface area contributed by atoms with Crippen LogP contribution in [0.2, 0.25) is 0 Å². The summed E-state index contributed by atoms with van der Waals surface area (Å²) in [5, 5.41) is 2.41. The minimum Gasteiger partial charge on any atom is -0.283 e. The number of nitrogens with zero attached hydrogens (tertiary/aromatic N) is 3. The Labute approximate surface area is 163 Å². The summed E-state index contributed by atoms with van der Waals surface area (Å²) in [6.45, 7) is 0. The first-order chi connectivity index (χ1) is 13.4. The van der Waals surface area contributed by atoms with Crippen molar-refractivity contribution in [1.82, 2.24) is 14.7 Å². The number of Topliss-reactive ketones (excluding diaryl/α,β-unsaturated/α-hetero) is 1. The first-order valence-corrected chi connectivity index (χ1v) is 10.2. The number of rotatable bonds is 3. The van der Waals surface area contributed by atoms with Gasteiger partial charge in [0, 0.05) is 18.6 Å². The molecule has 1 aromatic heterocycles. The Morgan fingerprint density at radius 3 is 2.50 bits per heavy atom. The average Bonchev–Trinajstić information content (AvgIpc) is 2.91. The second-order valence-electron chi connectivity index (χ2n) is 6.56. The number of carbonyl (C=O) groups excluding carboxylic acids is 1. The third kappa shape index (κ3) is 2.91. The van der Waals surface area contributed by atoms with Crippen molar-refractivity contribution < 1.29 is 17.9 Å². The van der Waals surface area contributed by atoms with Crippen molar-refractivity contribution in [1.29, 1.82) is 0 Å². The Balaban J connectivity index is 1.73. The normalized spacial score (nSPS) is 17.4. The number of fused-ring (bicyclic) bond motifs is 1. The van der Waals surface area contributed by atoms with Gasteiger partial charge in [-0.3, -0.25) is 9.78 Å². The number of aromatic nitrogens is 1. The standard InChI is InChI=1S/C20H18N4O3S/c1-23-18(15-8-4-3-5-9-15)19(25)20(24(23)2)22-28(26,27)16-12-6-10-14-11-7-13-21-17(14)16/h3-13,18H,1-2H3/p+1/t18-/m1/s1. The third-order valence-corrected chi connectivity index (χ3v) is 6.25. The molecule has 142 valence electrons. The zero-order chi connectivity index (χ0) is 19.9. The number of pyridine rings is 1. The molecule has 4 rings (SSSR count). The summed E-state index contributed by atoms with van der Waals surface area (Å²) in [7, 11) is -0.605. The first kappa shape index (κ1) is 18.1. The maximum Gasteiger partial charge on any atom is 0.355 e. The largest absolute Gasteiger partial charge is 0.355 e. The minimum atomic E-state index is -4.00. The van der Waals surface area contributed by atoms with Gasteiger partial charge in [-0.1, -0.05) is 48.5 Å². The fraction of sp³-hybridized carbons (Fsp3) is 0.150. The van der Waals surface area contributed by atoms with Crippen molar-refractivity contribution in [2.24, 2.45) is 0 Å². The zero-order valence-electron chi connectivity index (χ0n) is 15.4. The van der Waals surface area contributed by atoms with E-state index < -0.39 is 16.1 Å². The summed E-state index contributed by atoms with van der Waals surface area (Å²) < 4.78 is 30.1. The Bertz CT molecular complexity index is 1200. The van der Waals surface area contributed by atoms with Gasteiger partial charge in [0.05, 0.1) is 5.52 Å². The van der Waals surface area contributed by atoms with E-state index in [0.29, 0.717) is 10.9 Å². The molecule has 0 radical (unpaired) electrons. The van der Waals surface area contributed by atoms with Gasteiger partial charge in [0.1, 0.15) is 11.9 Å². The highest BCUT2D eigenvalue weighted by molar-refractivity contribution is 7.90. The van der Waals surface area contributed by atoms with Gasteiger partial charge in [0.15, 0.2) is 6.04 Å². The molecule has 8 heteroatoms. The molecule has 0 saturated heterocycles. The molecule has 1 aliphatic rings. The van der Waals surface area contributed by atoms with Crippen LogP contribution in [0.3, 0.4) is 0 Å². The van der Waals surface area contributed by atoms with Gasteiger partial charge in [-0.15, -0.1) is 0 Å². The van der Waals surface area contributed by atoms with E-state index in [0.717, 1.165) is 5.56 Å². The average molecular weight is 395 g/mol. The van der Waals surface area contributed by atoms with E-state index in [9.17, 15) is 13.2 Å². The minimum absolute atomic E-state index is 0.00397. The van der Waals surface area contributed by atoms with Crippen molar-refractivity contribution in [3.8, 4) is 0 Å². The van der Waals surface area contributed by atoms with E-state index in [1.807, 2.05) is 30.3 Å². The van der Waals surface area contributed by atoms with E-state index in [1.165, 1.54) is 10.8 Å². The smallest absolute Gasteiger partial charge is 0.283 e. The molecule has 0 saturated carbocycles. The zero-order valence-corrected chi connectivity index (χ0v) is 16.2. The van der Waals surface area contributed by atoms with Gasteiger partial charge in [-0.05, 0) is 17.7 Å². The Kier molecular flexibility index (Phi) is 4.35. The monoisotopic (exact) mass is 395 g/mol. The molecule has 1 atom stereocenters. The number of nitrogens with one attached hydrogen (secondary N) is 1. The number of hydrogen-bond donors (Lipinski definition) is 1. The maximum atomic E-state index is 13.1. The Hall–Kier alpha value is -3.26. The van der Waals surface area contributed by atoms with Gasteiger partial charge in [-0.25, -0.2) is 5.01 Å². The van der Waals surface area contributed by atoms with Gasteiger partial charge in [-0.2, -0.15) is 17.8 Å². The number of hydrazone groups is 1. The van der Waals surface area contributed by atoms with Crippen LogP contribution in [0, 0.1) is 0 Å². The molecule has 1 N–H and O–H groups in total. The predicted octanol–water partition coefficient (Wildman–Crippen LogP) is 1.72. The fourth-order valence-electron chi connectivity index (χ4n) is 3.38. The van der Waals surface area contributed by atoms with E-state index >= 15 is 0 Å². The van der Waals surface area contributed by atoms with Crippen LogP contribution in [0.5, 0.6) is 0 Å². The van der Waals surface area contributed by atoms with E-state index in [4.69, 9.17) is 0 Å². The Morgan fingerprint density at radius 2 is 1.75 bits per heavy atom. The second-order valence-corrected chi connectivity index (χ2v) is 8.21. The van der Waals surface area contributed by atoms with Crippen molar-refractivity contribution in [3.63, 3.8) is 0 Å². The Morgan fingerprint density at radius 1 is 1.04 bits per heavy atom. The number of sulfonamides is 1. The number of carbonyl (C=O) groups is 1. The molecule has 3 aromatic rings. The number of likely N-dealkylation sites (N-methyl/N-ethyl adjacent to an activating group) is 1. The molecule has 0 aliphatic carbocycles. The van der Waals surface area contributed by atoms with Gasteiger partial charge < -0.3 is 0 Å². The van der Waals surface area contributed by atoms with Crippen LogP contribution >= 0.6 is 0 Å². The fourth-order valence-corrected chi connectivity index (χ4v) is 4.66. The van der Waals surface area contributed by atoms with Crippen LogP contribution in [-0.2, 0) is 14.8 Å². The lowest BCUT2D eigenvalue weighted by molar-refractivity contribution is -0.661. The predicted molar refractivity (Wildman–Crippen MR) is 105 cm³/mol. The van der Waals surface area contributed by atoms with Crippen molar-refractivity contribution in [2.75, 3.05) is 14.1 Å². The van der Waals surface area contributed by atoms with Crippen molar-refractivity contribution in [3.05, 3.63) is 72.4 Å². The molecular formula is C20H19N4O3S+. The highest BCUT2D eigenvalue weighted by atomic mass is 32.2. The van der Waals surface area contributed by atoms with Crippen LogP contribution in [-0.4, -0.2) is 48.8 Å². The highest BCUT2D eigenvalue weighted by Crippen LogP contribution is 2.26. The molecule has 28 heavy (non-hydrogen) atoms. The number of hydrogen-bond acceptors (Lipinski definition) is 5. The molecule has 0 bridgehead atoms. The maximum absolute atomic E-state index is 13.1. The molecule has 2 heterocycles. The van der Waals surface area contributed by atoms with Gasteiger partial charge in [0.2, 0.25) is 0 Å². The van der Waals surface area contributed by atoms with Crippen molar-refractivity contribution in [2.45, 2.75) is 10.9 Å². The molecule has 7 nitrogen and oxygen atoms in total. The molecule has 0 amide bonds. The van der Waals surface area contributed by atoms with Gasteiger partial charge >= 0.3 is 15.9 Å². The molecule has 0 spiro atoms. The van der Waals surface area contributed by atoms with E-state index in [2.05, 4.69) is 9.71 Å².